The Labute approximate surface area is 63.6 Å². The third-order valence-electron chi connectivity index (χ3n) is 0. The minimum Gasteiger partial charge on any atom is -0.474 e. The first-order valence-electron chi connectivity index (χ1n) is 0.995. The monoisotopic (exact) mass is 314 g/mol. The summed E-state index contributed by atoms with van der Waals surface area (Å²) in [7, 11) is 0. The zero-order chi connectivity index (χ0) is 5.58. The molecule has 0 bridgehead atoms. The van der Waals surface area contributed by atoms with Gasteiger partial charge in [-0.15, -0.1) is 0 Å². The summed E-state index contributed by atoms with van der Waals surface area (Å²) in [4.78, 5) is 11.0. The van der Waals surface area contributed by atoms with Crippen molar-refractivity contribution < 1.29 is 9.90 Å². The largest absolute Gasteiger partial charge is 0.474 e. The third kappa shape index (κ3) is 88.0. The van der Waals surface area contributed by atoms with E-state index in [9.17, 15) is 0 Å². The van der Waals surface area contributed by atoms with Gasteiger partial charge in [0.1, 0.15) is 0 Å². The van der Waals surface area contributed by atoms with E-state index in [0.717, 1.165) is 0 Å². The molecule has 0 rings (SSSR count). The van der Waals surface area contributed by atoms with E-state index in [1.165, 1.54) is 22.6 Å². The minimum atomic E-state index is -0.863. The maximum Gasteiger partial charge on any atom is 0.364 e. The van der Waals surface area contributed by atoms with Gasteiger partial charge in [0.25, 0.3) is 0 Å². The Morgan fingerprint density at radius 2 is 1.67 bits per heavy atom. The van der Waals surface area contributed by atoms with Crippen LogP contribution in [-0.4, -0.2) is 14.0 Å². The molecule has 0 fully saturated rings. The van der Waals surface area contributed by atoms with Crippen LogP contribution in [0.3, 0.4) is 0 Å². The van der Waals surface area contributed by atoms with Crippen molar-refractivity contribution in [3.05, 3.63) is 0 Å². The third-order valence-corrected chi connectivity index (χ3v) is 0. The highest BCUT2D eigenvalue weighted by Gasteiger charge is 1.69. The van der Waals surface area contributed by atoms with Crippen LogP contribution >= 0.6 is 45.2 Å². The zero-order valence-electron chi connectivity index (χ0n) is 3.11. The smallest absolute Gasteiger partial charge is 0.364 e. The molecule has 0 aliphatic heterocycles. The lowest BCUT2D eigenvalue weighted by molar-refractivity contribution is 0.225. The van der Waals surface area contributed by atoms with E-state index in [0.29, 0.717) is 0 Å². The van der Waals surface area contributed by atoms with Crippen molar-refractivity contribution in [3.63, 3.8) is 0 Å². The summed E-state index contributed by atoms with van der Waals surface area (Å²) in [5.74, 6) is 0. The number of hydrogen-bond donors (Lipinski definition) is 1. The second-order valence-electron chi connectivity index (χ2n) is 0.253. The van der Waals surface area contributed by atoms with Crippen LogP contribution in [0.4, 0.5) is 4.79 Å². The van der Waals surface area contributed by atoms with Gasteiger partial charge in [-0.3, -0.25) is 0 Å². The first-order valence-corrected chi connectivity index (χ1v) is 4.23. The fourth-order valence-electron chi connectivity index (χ4n) is 0. The summed E-state index contributed by atoms with van der Waals surface area (Å²) in [6, 6.07) is 0. The predicted octanol–water partition coefficient (Wildman–Crippen LogP) is 2.15. The molecule has 0 atom stereocenters. The van der Waals surface area contributed by atoms with E-state index in [1.54, 1.807) is 0 Å². The van der Waals surface area contributed by atoms with Crippen LogP contribution in [0.2, 0.25) is 0 Å². The lowest BCUT2D eigenvalue weighted by Gasteiger charge is -1.56. The van der Waals surface area contributed by atoms with Crippen LogP contribution < -0.4 is 0 Å². The van der Waals surface area contributed by atoms with Gasteiger partial charge in [0.2, 0.25) is 0 Å². The highest BCUT2D eigenvalue weighted by Crippen LogP contribution is 1.76. The van der Waals surface area contributed by atoms with Gasteiger partial charge < -0.3 is 5.11 Å². The maximum absolute atomic E-state index is 8.99. The number of carboxylic acid groups (broad SMARTS) is 1. The molecule has 0 heterocycles. The number of halogens is 2. The van der Waals surface area contributed by atoms with Crippen molar-refractivity contribution in [2.24, 2.45) is 0 Å². The molecule has 4 heteroatoms. The average molecular weight is 314 g/mol. The number of alkyl halides is 1. The van der Waals surface area contributed by atoms with E-state index in [1.807, 2.05) is 4.93 Å². The molecule has 1 N–H and O–H groups in total. The molecule has 38 valence electrons. The number of carbonyl (C=O) groups is 1. The van der Waals surface area contributed by atoms with Gasteiger partial charge in [0.05, 0.1) is 22.6 Å². The highest BCUT2D eigenvalue weighted by atomic mass is 127. The van der Waals surface area contributed by atoms with Gasteiger partial charge in [0.15, 0.2) is 0 Å². The van der Waals surface area contributed by atoms with Crippen LogP contribution in [0.25, 0.3) is 0 Å². The molecule has 0 aromatic heterocycles. The molecule has 0 radical (unpaired) electrons. The van der Waals surface area contributed by atoms with Crippen molar-refractivity contribution >= 4 is 49.2 Å². The van der Waals surface area contributed by atoms with Crippen molar-refractivity contribution in [3.8, 4) is 0 Å². The maximum atomic E-state index is 8.99. The Bertz CT molecular complexity index is 32.5. The molecule has 0 aromatic rings. The van der Waals surface area contributed by atoms with Crippen LogP contribution in [0.1, 0.15) is 0 Å². The quantitative estimate of drug-likeness (QED) is 0.423. The SMILES string of the molecule is CI.O=C(O)I. The van der Waals surface area contributed by atoms with Gasteiger partial charge in [-0.25, -0.2) is 4.79 Å². The Morgan fingerprint density at radius 3 is 1.67 bits per heavy atom. The summed E-state index contributed by atoms with van der Waals surface area (Å²) in [6.45, 7) is 0. The van der Waals surface area contributed by atoms with Crippen LogP contribution in [0, 0.1) is 0 Å². The molecule has 0 amide bonds. The summed E-state index contributed by atoms with van der Waals surface area (Å²) >= 11 is 3.41. The molecular formula is C2H4I2O2. The topological polar surface area (TPSA) is 37.3 Å². The molecular weight excluding hydrogens is 310 g/mol. The fraction of sp³-hybridized carbons (Fsp3) is 0.500. The molecule has 2 nitrogen and oxygen atoms in total. The van der Waals surface area contributed by atoms with Crippen LogP contribution in [0.15, 0.2) is 0 Å². The molecule has 0 spiro atoms. The molecule has 0 aromatic carbocycles. The van der Waals surface area contributed by atoms with Gasteiger partial charge in [-0.2, -0.15) is 0 Å². The van der Waals surface area contributed by atoms with Crippen molar-refractivity contribution in [1.29, 1.82) is 0 Å². The molecule has 0 aliphatic rings. The average Bonchev–Trinajstić information content (AvgIpc) is 1.41. The zero-order valence-corrected chi connectivity index (χ0v) is 7.43. The summed E-state index contributed by atoms with van der Waals surface area (Å²) in [5, 5.41) is 7.40. The van der Waals surface area contributed by atoms with Crippen molar-refractivity contribution in [1.82, 2.24) is 0 Å². The molecule has 0 aliphatic carbocycles. The van der Waals surface area contributed by atoms with Gasteiger partial charge in [0, 0.05) is 0 Å². The van der Waals surface area contributed by atoms with Crippen LogP contribution in [-0.2, 0) is 0 Å². The molecule has 0 saturated heterocycles. The first kappa shape index (κ1) is 10.0. The number of hydrogen-bond acceptors (Lipinski definition) is 1. The predicted molar refractivity (Wildman–Crippen MR) is 42.0 cm³/mol. The molecule has 0 unspecified atom stereocenters. The molecule has 6 heavy (non-hydrogen) atoms. The lowest BCUT2D eigenvalue weighted by atomic mass is 11.7. The van der Waals surface area contributed by atoms with E-state index in [4.69, 9.17) is 9.90 Å². The minimum absolute atomic E-state index is 0.863. The second-order valence-corrected chi connectivity index (χ2v) is 1.18. The Morgan fingerprint density at radius 1 is 1.67 bits per heavy atom. The summed E-state index contributed by atoms with van der Waals surface area (Å²) in [6.07, 6.45) is 0. The van der Waals surface area contributed by atoms with E-state index in [-0.39, 0.29) is 0 Å². The normalized spacial score (nSPS) is 5.17. The van der Waals surface area contributed by atoms with E-state index in [2.05, 4.69) is 22.6 Å². The van der Waals surface area contributed by atoms with E-state index < -0.39 is 3.98 Å². The van der Waals surface area contributed by atoms with Gasteiger partial charge >= 0.3 is 3.98 Å². The van der Waals surface area contributed by atoms with Gasteiger partial charge in [-0.1, -0.05) is 22.6 Å². The van der Waals surface area contributed by atoms with Crippen molar-refractivity contribution in [2.75, 3.05) is 4.93 Å². The van der Waals surface area contributed by atoms with Crippen molar-refractivity contribution in [2.45, 2.75) is 0 Å². The Balaban J connectivity index is 0. The second kappa shape index (κ2) is 9.33. The summed E-state index contributed by atoms with van der Waals surface area (Å²) < 4.78 is -0.863. The summed E-state index contributed by atoms with van der Waals surface area (Å²) in [5.41, 5.74) is 0. The molecule has 0 saturated carbocycles. The van der Waals surface area contributed by atoms with Crippen LogP contribution in [0.5, 0.6) is 0 Å². The Hall–Kier alpha value is 0.930. The van der Waals surface area contributed by atoms with Gasteiger partial charge in [-0.05, 0) is 4.93 Å². The number of rotatable bonds is 0. The van der Waals surface area contributed by atoms with E-state index >= 15 is 0 Å². The highest BCUT2D eigenvalue weighted by molar-refractivity contribution is 14.1. The lowest BCUT2D eigenvalue weighted by Crippen LogP contribution is -1.64. The fourth-order valence-corrected chi connectivity index (χ4v) is 0. The standard InChI is InChI=1S/CHIO2.CH3I/c2-1(3)4;1-2/h(H,3,4);1H3. The first-order chi connectivity index (χ1) is 2.73. The Kier molecular flexibility index (Phi) is 15.6.